The molecule has 0 fully saturated rings. The number of hydrogen-bond donors (Lipinski definition) is 1. The molecule has 3 aromatic carbocycles. The summed E-state index contributed by atoms with van der Waals surface area (Å²) in [7, 11) is -2.66. The molecule has 9 nitrogen and oxygen atoms in total. The van der Waals surface area contributed by atoms with E-state index in [4.69, 9.17) is 21.1 Å². The van der Waals surface area contributed by atoms with Crippen molar-refractivity contribution in [3.05, 3.63) is 82.9 Å². The van der Waals surface area contributed by atoms with Gasteiger partial charge in [-0.3, -0.25) is 13.9 Å². The number of hydrogen-bond acceptors (Lipinski definition) is 7. The van der Waals surface area contributed by atoms with Crippen LogP contribution >= 0.6 is 11.6 Å². The van der Waals surface area contributed by atoms with Crippen molar-refractivity contribution in [2.24, 2.45) is 5.10 Å². The topological polar surface area (TPSA) is 114 Å². The van der Waals surface area contributed by atoms with E-state index in [0.717, 1.165) is 9.87 Å². The monoisotopic (exact) mass is 529 g/mol. The molecular formula is C25H24ClN3O6S. The Morgan fingerprint density at radius 1 is 1.06 bits per heavy atom. The normalized spacial score (nSPS) is 11.2. The van der Waals surface area contributed by atoms with Crippen molar-refractivity contribution >= 4 is 45.4 Å². The van der Waals surface area contributed by atoms with Gasteiger partial charge in [0.15, 0.2) is 11.5 Å². The van der Waals surface area contributed by atoms with Crippen LogP contribution in [0.3, 0.4) is 0 Å². The molecule has 0 saturated heterocycles. The maximum atomic E-state index is 13.4. The molecule has 0 radical (unpaired) electrons. The van der Waals surface area contributed by atoms with Crippen molar-refractivity contribution in [2.45, 2.75) is 18.7 Å². The predicted octanol–water partition coefficient (Wildman–Crippen LogP) is 3.93. The SMILES string of the molecule is COc1cc(/C=N/NC(=O)CN(c2cccc(Cl)c2)S(=O)(=O)c2ccc(C)cc2)ccc1OC(C)=O. The average Bonchev–Trinajstić information content (AvgIpc) is 2.83. The molecule has 1 amide bonds. The molecule has 1 N–H and O–H groups in total. The van der Waals surface area contributed by atoms with Crippen LogP contribution in [0.4, 0.5) is 5.69 Å². The fourth-order valence-electron chi connectivity index (χ4n) is 3.13. The van der Waals surface area contributed by atoms with Gasteiger partial charge in [-0.1, -0.05) is 35.4 Å². The molecule has 0 saturated carbocycles. The van der Waals surface area contributed by atoms with Gasteiger partial charge in [-0.2, -0.15) is 5.10 Å². The fourth-order valence-corrected chi connectivity index (χ4v) is 4.73. The molecule has 0 spiro atoms. The van der Waals surface area contributed by atoms with Gasteiger partial charge in [-0.25, -0.2) is 13.8 Å². The maximum absolute atomic E-state index is 13.4. The lowest BCUT2D eigenvalue weighted by atomic mass is 10.2. The van der Waals surface area contributed by atoms with E-state index in [0.29, 0.717) is 16.3 Å². The number of benzene rings is 3. The summed E-state index contributed by atoms with van der Waals surface area (Å²) in [5.74, 6) is -0.626. The van der Waals surface area contributed by atoms with E-state index in [1.54, 1.807) is 42.5 Å². The van der Waals surface area contributed by atoms with E-state index in [1.807, 2.05) is 6.92 Å². The minimum atomic E-state index is -4.08. The van der Waals surface area contributed by atoms with Crippen molar-refractivity contribution < 1.29 is 27.5 Å². The maximum Gasteiger partial charge on any atom is 0.308 e. The third-order valence-corrected chi connectivity index (χ3v) is 6.86. The summed E-state index contributed by atoms with van der Waals surface area (Å²) in [6.07, 6.45) is 1.34. The minimum Gasteiger partial charge on any atom is -0.493 e. The van der Waals surface area contributed by atoms with Gasteiger partial charge in [0.25, 0.3) is 15.9 Å². The summed E-state index contributed by atoms with van der Waals surface area (Å²) in [6, 6.07) is 17.2. The average molecular weight is 530 g/mol. The third-order valence-electron chi connectivity index (χ3n) is 4.84. The van der Waals surface area contributed by atoms with E-state index in [1.165, 1.54) is 44.5 Å². The Morgan fingerprint density at radius 2 is 1.78 bits per heavy atom. The molecule has 0 aliphatic carbocycles. The number of ether oxygens (including phenoxy) is 2. The van der Waals surface area contributed by atoms with Crippen LogP contribution in [0.25, 0.3) is 0 Å². The first-order chi connectivity index (χ1) is 17.1. The highest BCUT2D eigenvalue weighted by molar-refractivity contribution is 7.92. The van der Waals surface area contributed by atoms with Crippen molar-refractivity contribution in [1.29, 1.82) is 0 Å². The number of halogens is 1. The van der Waals surface area contributed by atoms with Crippen molar-refractivity contribution in [3.63, 3.8) is 0 Å². The quantitative estimate of drug-likeness (QED) is 0.194. The number of nitrogens with one attached hydrogen (secondary N) is 1. The molecule has 0 bridgehead atoms. The molecule has 11 heteroatoms. The van der Waals surface area contributed by atoms with Crippen LogP contribution in [0.1, 0.15) is 18.1 Å². The highest BCUT2D eigenvalue weighted by atomic mass is 35.5. The number of amides is 1. The molecule has 0 aliphatic heterocycles. The van der Waals surface area contributed by atoms with E-state index in [-0.39, 0.29) is 16.3 Å². The molecule has 0 unspecified atom stereocenters. The van der Waals surface area contributed by atoms with Gasteiger partial charge in [0.05, 0.1) is 23.9 Å². The summed E-state index contributed by atoms with van der Waals surface area (Å²) in [4.78, 5) is 23.9. The van der Waals surface area contributed by atoms with Gasteiger partial charge in [-0.15, -0.1) is 0 Å². The van der Waals surface area contributed by atoms with Gasteiger partial charge >= 0.3 is 5.97 Å². The lowest BCUT2D eigenvalue weighted by Gasteiger charge is -2.24. The summed E-state index contributed by atoms with van der Waals surface area (Å²) in [5, 5.41) is 4.22. The number of carbonyl (C=O) groups excluding carboxylic acids is 2. The van der Waals surface area contributed by atoms with Gasteiger partial charge in [0, 0.05) is 11.9 Å². The van der Waals surface area contributed by atoms with E-state index < -0.39 is 28.4 Å². The number of methoxy groups -OCH3 is 1. The number of aryl methyl sites for hydroxylation is 1. The second-order valence-corrected chi connectivity index (χ2v) is 9.90. The Bertz CT molecular complexity index is 1390. The standard InChI is InChI=1S/C25H24ClN3O6S/c1-17-7-10-22(11-8-17)36(32,33)29(21-6-4-5-20(26)14-21)16-25(31)28-27-15-19-9-12-23(35-18(2)30)24(13-19)34-3/h4-15H,16H2,1-3H3,(H,28,31)/b27-15+. The molecule has 0 heterocycles. The van der Waals surface area contributed by atoms with E-state index in [9.17, 15) is 18.0 Å². The van der Waals surface area contributed by atoms with Crippen molar-refractivity contribution in [2.75, 3.05) is 18.0 Å². The molecule has 188 valence electrons. The Morgan fingerprint density at radius 3 is 2.42 bits per heavy atom. The number of carbonyl (C=O) groups is 2. The second kappa shape index (κ2) is 11.7. The molecule has 0 aromatic heterocycles. The molecule has 0 aliphatic rings. The van der Waals surface area contributed by atoms with Crippen LogP contribution in [-0.4, -0.2) is 40.2 Å². The lowest BCUT2D eigenvalue weighted by molar-refractivity contribution is -0.132. The lowest BCUT2D eigenvalue weighted by Crippen LogP contribution is -2.39. The minimum absolute atomic E-state index is 0.0318. The summed E-state index contributed by atoms with van der Waals surface area (Å²) < 4.78 is 38.0. The first kappa shape index (κ1) is 26.7. The summed E-state index contributed by atoms with van der Waals surface area (Å²) in [5.41, 5.74) is 4.00. The van der Waals surface area contributed by atoms with Crippen LogP contribution in [0.2, 0.25) is 5.02 Å². The summed E-state index contributed by atoms with van der Waals surface area (Å²) >= 11 is 6.07. The third kappa shape index (κ3) is 6.83. The van der Waals surface area contributed by atoms with Crippen LogP contribution in [0.5, 0.6) is 11.5 Å². The predicted molar refractivity (Wildman–Crippen MR) is 137 cm³/mol. The molecule has 36 heavy (non-hydrogen) atoms. The smallest absolute Gasteiger partial charge is 0.308 e. The van der Waals surface area contributed by atoms with Gasteiger partial charge in [-0.05, 0) is 61.0 Å². The zero-order valence-electron chi connectivity index (χ0n) is 19.8. The van der Waals surface area contributed by atoms with Gasteiger partial charge in [0.1, 0.15) is 6.54 Å². The van der Waals surface area contributed by atoms with Gasteiger partial charge < -0.3 is 9.47 Å². The van der Waals surface area contributed by atoms with E-state index >= 15 is 0 Å². The Kier molecular flexibility index (Phi) is 8.68. The van der Waals surface area contributed by atoms with Crippen molar-refractivity contribution in [1.82, 2.24) is 5.43 Å². The summed E-state index contributed by atoms with van der Waals surface area (Å²) in [6.45, 7) is 2.58. The number of hydrazone groups is 1. The van der Waals surface area contributed by atoms with Crippen LogP contribution in [0, 0.1) is 6.92 Å². The second-order valence-electron chi connectivity index (χ2n) is 7.60. The van der Waals surface area contributed by atoms with Gasteiger partial charge in [0.2, 0.25) is 0 Å². The van der Waals surface area contributed by atoms with Crippen LogP contribution < -0.4 is 19.2 Å². The highest BCUT2D eigenvalue weighted by Gasteiger charge is 2.27. The van der Waals surface area contributed by atoms with E-state index in [2.05, 4.69) is 10.5 Å². The molecule has 0 atom stereocenters. The van der Waals surface area contributed by atoms with Crippen LogP contribution in [-0.2, 0) is 19.6 Å². The van der Waals surface area contributed by atoms with Crippen LogP contribution in [0.15, 0.2) is 76.7 Å². The Labute approximate surface area is 214 Å². The molecular weight excluding hydrogens is 506 g/mol. The highest BCUT2D eigenvalue weighted by Crippen LogP contribution is 2.28. The zero-order chi connectivity index (χ0) is 26.3. The number of esters is 1. The molecule has 3 aromatic rings. The number of sulfonamides is 1. The number of nitrogens with zero attached hydrogens (tertiary/aromatic N) is 2. The fraction of sp³-hybridized carbons (Fsp3) is 0.160. The zero-order valence-corrected chi connectivity index (χ0v) is 21.3. The Balaban J connectivity index is 1.80. The largest absolute Gasteiger partial charge is 0.493 e. The first-order valence-corrected chi connectivity index (χ1v) is 12.5. The number of anilines is 1. The van der Waals surface area contributed by atoms with Crippen molar-refractivity contribution in [3.8, 4) is 11.5 Å². The molecule has 3 rings (SSSR count). The Hall–Kier alpha value is -3.89. The first-order valence-electron chi connectivity index (χ1n) is 10.6. The number of rotatable bonds is 9.